The molecule has 2 saturated carbocycles. The summed E-state index contributed by atoms with van der Waals surface area (Å²) >= 11 is 0. The fourth-order valence-electron chi connectivity index (χ4n) is 4.25. The number of nitrogens with zero attached hydrogens (tertiary/aromatic N) is 3. The predicted octanol–water partition coefficient (Wildman–Crippen LogP) is 2.85. The lowest BCUT2D eigenvalue weighted by Gasteiger charge is -2.25. The molecule has 2 aliphatic carbocycles. The van der Waals surface area contributed by atoms with Gasteiger partial charge in [-0.25, -0.2) is 0 Å². The van der Waals surface area contributed by atoms with Crippen LogP contribution in [0, 0.1) is 5.92 Å². The quantitative estimate of drug-likeness (QED) is 0.452. The van der Waals surface area contributed by atoms with E-state index >= 15 is 0 Å². The lowest BCUT2D eigenvalue weighted by Crippen LogP contribution is -2.43. The summed E-state index contributed by atoms with van der Waals surface area (Å²) in [6.45, 7) is 9.42. The summed E-state index contributed by atoms with van der Waals surface area (Å²) in [7, 11) is 0. The van der Waals surface area contributed by atoms with Gasteiger partial charge in [0, 0.05) is 32.2 Å². The van der Waals surface area contributed by atoms with Crippen molar-refractivity contribution >= 4 is 5.96 Å². The molecule has 6 nitrogen and oxygen atoms in total. The number of aliphatic imine (C=N–C) groups is 1. The van der Waals surface area contributed by atoms with E-state index < -0.39 is 0 Å². The van der Waals surface area contributed by atoms with Gasteiger partial charge < -0.3 is 15.1 Å². The Bertz CT molecular complexity index is 602. The summed E-state index contributed by atoms with van der Waals surface area (Å²) in [5.41, 5.74) is 0. The molecular formula is C22H37N5O. The lowest BCUT2D eigenvalue weighted by atomic mass is 10.2. The highest BCUT2D eigenvalue weighted by Gasteiger charge is 2.33. The maximum atomic E-state index is 5.73. The first-order valence-electron chi connectivity index (χ1n) is 11.4. The highest BCUT2D eigenvalue weighted by Crippen LogP contribution is 2.34. The third-order valence-electron chi connectivity index (χ3n) is 6.16. The first kappa shape index (κ1) is 19.8. The maximum absolute atomic E-state index is 5.73. The zero-order valence-electron chi connectivity index (χ0n) is 17.4. The summed E-state index contributed by atoms with van der Waals surface area (Å²) < 4.78 is 5.73. The molecule has 1 saturated heterocycles. The van der Waals surface area contributed by atoms with Gasteiger partial charge in [-0.3, -0.25) is 14.8 Å². The summed E-state index contributed by atoms with van der Waals surface area (Å²) in [6, 6.07) is 5.16. The molecule has 0 radical (unpaired) electrons. The summed E-state index contributed by atoms with van der Waals surface area (Å²) in [6.07, 6.45) is 9.98. The second-order valence-electron chi connectivity index (χ2n) is 8.59. The number of rotatable bonds is 11. The van der Waals surface area contributed by atoms with Crippen molar-refractivity contribution in [1.82, 2.24) is 20.4 Å². The second kappa shape index (κ2) is 9.79. The largest absolute Gasteiger partial charge is 0.468 e. The molecule has 2 heterocycles. The van der Waals surface area contributed by atoms with Crippen molar-refractivity contribution in [2.24, 2.45) is 10.9 Å². The van der Waals surface area contributed by atoms with Crippen molar-refractivity contribution in [3.05, 3.63) is 24.2 Å². The van der Waals surface area contributed by atoms with Crippen LogP contribution >= 0.6 is 0 Å². The Morgan fingerprint density at radius 2 is 2.07 bits per heavy atom. The molecule has 1 aliphatic heterocycles. The van der Waals surface area contributed by atoms with Gasteiger partial charge in [-0.1, -0.05) is 0 Å². The first-order chi connectivity index (χ1) is 13.8. The maximum Gasteiger partial charge on any atom is 0.191 e. The highest BCUT2D eigenvalue weighted by atomic mass is 16.3. The van der Waals surface area contributed by atoms with Crippen molar-refractivity contribution in [2.75, 3.05) is 45.8 Å². The van der Waals surface area contributed by atoms with Crippen LogP contribution in [0.1, 0.15) is 57.3 Å². The predicted molar refractivity (Wildman–Crippen MR) is 114 cm³/mol. The second-order valence-corrected chi connectivity index (χ2v) is 8.59. The van der Waals surface area contributed by atoms with E-state index in [9.17, 15) is 0 Å². The van der Waals surface area contributed by atoms with E-state index in [4.69, 9.17) is 9.41 Å². The zero-order valence-corrected chi connectivity index (χ0v) is 17.4. The fraction of sp³-hybridized carbons (Fsp3) is 0.773. The minimum absolute atomic E-state index is 0.241. The monoisotopic (exact) mass is 387 g/mol. The van der Waals surface area contributed by atoms with E-state index in [1.54, 1.807) is 6.26 Å². The molecule has 0 amide bonds. The number of nitrogens with one attached hydrogen (secondary N) is 2. The smallest absolute Gasteiger partial charge is 0.191 e. The average Bonchev–Trinajstić information content (AvgIpc) is 3.60. The molecule has 3 fully saturated rings. The van der Waals surface area contributed by atoms with Gasteiger partial charge in [0.15, 0.2) is 5.96 Å². The topological polar surface area (TPSA) is 56.0 Å². The van der Waals surface area contributed by atoms with Crippen molar-refractivity contribution < 1.29 is 4.42 Å². The Kier molecular flexibility index (Phi) is 6.91. The molecule has 156 valence electrons. The van der Waals surface area contributed by atoms with Crippen LogP contribution in [0.15, 0.2) is 27.8 Å². The normalized spacial score (nSPS) is 22.0. The van der Waals surface area contributed by atoms with E-state index in [1.165, 1.54) is 45.1 Å². The molecule has 3 aliphatic rings. The summed E-state index contributed by atoms with van der Waals surface area (Å²) in [5, 5.41) is 6.98. The van der Waals surface area contributed by atoms with Crippen LogP contribution in [0.25, 0.3) is 0 Å². The third-order valence-corrected chi connectivity index (χ3v) is 6.16. The Morgan fingerprint density at radius 3 is 2.71 bits per heavy atom. The van der Waals surface area contributed by atoms with Crippen LogP contribution in [-0.2, 0) is 0 Å². The molecule has 1 atom stereocenters. The lowest BCUT2D eigenvalue weighted by molar-refractivity contribution is 0.221. The fourth-order valence-corrected chi connectivity index (χ4v) is 4.25. The number of furan rings is 1. The van der Waals surface area contributed by atoms with Gasteiger partial charge in [-0.2, -0.15) is 0 Å². The van der Waals surface area contributed by atoms with Crippen LogP contribution in [0.4, 0.5) is 0 Å². The summed E-state index contributed by atoms with van der Waals surface area (Å²) in [5.74, 6) is 2.93. The number of guanidine groups is 1. The van der Waals surface area contributed by atoms with Gasteiger partial charge in [0.2, 0.25) is 0 Å². The van der Waals surface area contributed by atoms with Gasteiger partial charge in [-0.15, -0.1) is 0 Å². The highest BCUT2D eigenvalue weighted by molar-refractivity contribution is 5.79. The Balaban J connectivity index is 1.30. The Morgan fingerprint density at radius 1 is 1.25 bits per heavy atom. The van der Waals surface area contributed by atoms with Crippen molar-refractivity contribution in [2.45, 2.75) is 57.5 Å². The molecule has 0 aromatic carbocycles. The van der Waals surface area contributed by atoms with Crippen LogP contribution in [0.3, 0.4) is 0 Å². The zero-order chi connectivity index (χ0) is 19.2. The summed E-state index contributed by atoms with van der Waals surface area (Å²) in [4.78, 5) is 10.1. The van der Waals surface area contributed by atoms with Crippen molar-refractivity contribution in [3.8, 4) is 0 Å². The van der Waals surface area contributed by atoms with Crippen LogP contribution in [0.2, 0.25) is 0 Å². The Hall–Kier alpha value is -1.53. The van der Waals surface area contributed by atoms with E-state index in [0.29, 0.717) is 0 Å². The first-order valence-corrected chi connectivity index (χ1v) is 11.4. The molecule has 1 aromatic rings. The van der Waals surface area contributed by atoms with E-state index in [0.717, 1.165) is 62.9 Å². The molecule has 1 aromatic heterocycles. The van der Waals surface area contributed by atoms with Crippen molar-refractivity contribution in [1.29, 1.82) is 0 Å². The number of hydrogen-bond donors (Lipinski definition) is 2. The third kappa shape index (κ3) is 5.74. The van der Waals surface area contributed by atoms with E-state index in [2.05, 4.69) is 33.4 Å². The molecule has 1 unspecified atom stereocenters. The SMILES string of the molecule is CCNC(=NCC(c1ccco1)N1CCCC1)NCCN(CC1CC1)C1CC1. The van der Waals surface area contributed by atoms with E-state index in [1.807, 2.05) is 6.07 Å². The molecule has 2 N–H and O–H groups in total. The minimum Gasteiger partial charge on any atom is -0.468 e. The van der Waals surface area contributed by atoms with Crippen LogP contribution in [-0.4, -0.2) is 67.6 Å². The molecule has 28 heavy (non-hydrogen) atoms. The van der Waals surface area contributed by atoms with Gasteiger partial charge >= 0.3 is 0 Å². The van der Waals surface area contributed by atoms with Gasteiger partial charge in [0.05, 0.1) is 18.8 Å². The van der Waals surface area contributed by atoms with Gasteiger partial charge in [0.1, 0.15) is 5.76 Å². The minimum atomic E-state index is 0.241. The van der Waals surface area contributed by atoms with Crippen LogP contribution in [0.5, 0.6) is 0 Å². The molecule has 0 bridgehead atoms. The number of hydrogen-bond acceptors (Lipinski definition) is 4. The van der Waals surface area contributed by atoms with Gasteiger partial charge in [-0.05, 0) is 76.6 Å². The van der Waals surface area contributed by atoms with Crippen molar-refractivity contribution in [3.63, 3.8) is 0 Å². The molecule has 6 heteroatoms. The average molecular weight is 388 g/mol. The molecule has 0 spiro atoms. The Labute approximate surface area is 169 Å². The van der Waals surface area contributed by atoms with E-state index in [-0.39, 0.29) is 6.04 Å². The number of likely N-dealkylation sites (tertiary alicyclic amines) is 1. The molecule has 4 rings (SSSR count). The van der Waals surface area contributed by atoms with Gasteiger partial charge in [0.25, 0.3) is 0 Å². The molecular weight excluding hydrogens is 350 g/mol. The standard InChI is InChI=1S/C22H37N5O/c1-2-23-22(24-11-14-27(19-9-10-19)17-18-7-8-18)25-16-20(21-6-5-15-28-21)26-12-3-4-13-26/h5-6,15,18-20H,2-4,7-14,16-17H2,1H3,(H2,23,24,25). The van der Waals surface area contributed by atoms with Crippen LogP contribution < -0.4 is 10.6 Å².